The van der Waals surface area contributed by atoms with Crippen LogP contribution in [0.3, 0.4) is 0 Å². The molecule has 0 spiro atoms. The normalized spacial score (nSPS) is 20.9. The number of amides is 1. The predicted octanol–water partition coefficient (Wildman–Crippen LogP) is 2.81. The van der Waals surface area contributed by atoms with Crippen molar-refractivity contribution >= 4 is 5.91 Å². The standard InChI is InChI=1S/C17H30N4O2/c1-11(2)21-9-7-8-13(21)10-14(22)18-12(3)15-19-16(20-23-15)17(4,5)6/h11-13H,7-10H2,1-6H3,(H,18,22). The van der Waals surface area contributed by atoms with Gasteiger partial charge in [-0.1, -0.05) is 25.9 Å². The van der Waals surface area contributed by atoms with Gasteiger partial charge in [-0.3, -0.25) is 9.69 Å². The Morgan fingerprint density at radius 3 is 2.65 bits per heavy atom. The minimum atomic E-state index is -0.264. The van der Waals surface area contributed by atoms with Crippen molar-refractivity contribution < 1.29 is 9.32 Å². The van der Waals surface area contributed by atoms with Gasteiger partial charge in [0.25, 0.3) is 0 Å². The van der Waals surface area contributed by atoms with Gasteiger partial charge in [0.2, 0.25) is 11.8 Å². The van der Waals surface area contributed by atoms with Gasteiger partial charge in [0.15, 0.2) is 5.82 Å². The van der Waals surface area contributed by atoms with Crippen LogP contribution in [0.25, 0.3) is 0 Å². The molecule has 0 saturated carbocycles. The maximum Gasteiger partial charge on any atom is 0.248 e. The Bertz CT molecular complexity index is 533. The number of likely N-dealkylation sites (tertiary alicyclic amines) is 1. The van der Waals surface area contributed by atoms with Gasteiger partial charge in [0.05, 0.1) is 0 Å². The molecule has 1 aliphatic heterocycles. The first-order valence-electron chi connectivity index (χ1n) is 8.57. The zero-order valence-electron chi connectivity index (χ0n) is 15.2. The summed E-state index contributed by atoms with van der Waals surface area (Å²) in [7, 11) is 0. The van der Waals surface area contributed by atoms with Gasteiger partial charge in [-0.05, 0) is 40.2 Å². The molecule has 6 heteroatoms. The lowest BCUT2D eigenvalue weighted by Crippen LogP contribution is -2.39. The summed E-state index contributed by atoms with van der Waals surface area (Å²) in [6.07, 6.45) is 2.79. The Balaban J connectivity index is 1.91. The molecular formula is C17H30N4O2. The Morgan fingerprint density at radius 1 is 1.39 bits per heavy atom. The van der Waals surface area contributed by atoms with Crippen LogP contribution in [-0.4, -0.2) is 39.6 Å². The van der Waals surface area contributed by atoms with E-state index in [0.29, 0.717) is 30.2 Å². The van der Waals surface area contributed by atoms with E-state index in [1.807, 2.05) is 27.7 Å². The Labute approximate surface area is 139 Å². The number of hydrogen-bond donors (Lipinski definition) is 1. The monoisotopic (exact) mass is 322 g/mol. The molecule has 1 N–H and O–H groups in total. The minimum Gasteiger partial charge on any atom is -0.345 e. The number of nitrogens with one attached hydrogen (secondary N) is 1. The molecule has 1 amide bonds. The smallest absolute Gasteiger partial charge is 0.248 e. The van der Waals surface area contributed by atoms with Crippen molar-refractivity contribution in [2.75, 3.05) is 6.54 Å². The zero-order chi connectivity index (χ0) is 17.2. The van der Waals surface area contributed by atoms with Crippen LogP contribution < -0.4 is 5.32 Å². The van der Waals surface area contributed by atoms with Crippen LogP contribution in [0.5, 0.6) is 0 Å². The van der Waals surface area contributed by atoms with Gasteiger partial charge >= 0.3 is 0 Å². The van der Waals surface area contributed by atoms with Gasteiger partial charge in [-0.2, -0.15) is 4.98 Å². The summed E-state index contributed by atoms with van der Waals surface area (Å²) in [4.78, 5) is 19.1. The highest BCUT2D eigenvalue weighted by atomic mass is 16.5. The minimum absolute atomic E-state index is 0.0468. The summed E-state index contributed by atoms with van der Waals surface area (Å²) in [6.45, 7) is 13.4. The number of rotatable bonds is 5. The summed E-state index contributed by atoms with van der Waals surface area (Å²) < 4.78 is 5.30. The fourth-order valence-corrected chi connectivity index (χ4v) is 3.05. The third-order valence-electron chi connectivity index (χ3n) is 4.37. The highest BCUT2D eigenvalue weighted by Gasteiger charge is 2.29. The quantitative estimate of drug-likeness (QED) is 0.902. The molecule has 1 saturated heterocycles. The topological polar surface area (TPSA) is 71.3 Å². The van der Waals surface area contributed by atoms with Crippen LogP contribution >= 0.6 is 0 Å². The molecule has 1 aromatic heterocycles. The van der Waals surface area contributed by atoms with Crippen molar-refractivity contribution in [2.45, 2.75) is 84.3 Å². The fraction of sp³-hybridized carbons (Fsp3) is 0.824. The summed E-state index contributed by atoms with van der Waals surface area (Å²) >= 11 is 0. The third-order valence-corrected chi connectivity index (χ3v) is 4.37. The van der Waals surface area contributed by atoms with Gasteiger partial charge in [-0.15, -0.1) is 0 Å². The molecule has 0 aliphatic carbocycles. The van der Waals surface area contributed by atoms with Crippen molar-refractivity contribution in [3.8, 4) is 0 Å². The highest BCUT2D eigenvalue weighted by molar-refractivity contribution is 5.77. The van der Waals surface area contributed by atoms with Crippen LogP contribution in [-0.2, 0) is 10.2 Å². The lowest BCUT2D eigenvalue weighted by Gasteiger charge is -2.28. The van der Waals surface area contributed by atoms with Gasteiger partial charge < -0.3 is 9.84 Å². The molecular weight excluding hydrogens is 292 g/mol. The van der Waals surface area contributed by atoms with E-state index in [4.69, 9.17) is 4.52 Å². The lowest BCUT2D eigenvalue weighted by atomic mass is 9.96. The first kappa shape index (κ1) is 17.9. The summed E-state index contributed by atoms with van der Waals surface area (Å²) in [5.74, 6) is 1.18. The molecule has 23 heavy (non-hydrogen) atoms. The Kier molecular flexibility index (Phi) is 5.45. The van der Waals surface area contributed by atoms with E-state index in [1.54, 1.807) is 0 Å². The fourth-order valence-electron chi connectivity index (χ4n) is 3.05. The van der Waals surface area contributed by atoms with E-state index in [-0.39, 0.29) is 17.4 Å². The van der Waals surface area contributed by atoms with E-state index in [2.05, 4.69) is 34.2 Å². The molecule has 6 nitrogen and oxygen atoms in total. The first-order valence-corrected chi connectivity index (χ1v) is 8.57. The van der Waals surface area contributed by atoms with E-state index in [9.17, 15) is 4.79 Å². The van der Waals surface area contributed by atoms with Crippen LogP contribution in [0.2, 0.25) is 0 Å². The Morgan fingerprint density at radius 2 is 2.09 bits per heavy atom. The van der Waals surface area contributed by atoms with Crippen LogP contribution in [0.15, 0.2) is 4.52 Å². The van der Waals surface area contributed by atoms with Crippen molar-refractivity contribution in [2.24, 2.45) is 0 Å². The van der Waals surface area contributed by atoms with Crippen molar-refractivity contribution in [1.29, 1.82) is 0 Å². The highest BCUT2D eigenvalue weighted by Crippen LogP contribution is 2.23. The second-order valence-electron chi connectivity index (χ2n) is 7.83. The molecule has 130 valence electrons. The summed E-state index contributed by atoms with van der Waals surface area (Å²) in [6, 6.07) is 0.563. The second-order valence-corrected chi connectivity index (χ2v) is 7.83. The molecule has 2 rings (SSSR count). The average Bonchev–Trinajstić information content (AvgIpc) is 3.05. The second kappa shape index (κ2) is 6.99. The average molecular weight is 322 g/mol. The molecule has 2 atom stereocenters. The van der Waals surface area contributed by atoms with Crippen molar-refractivity contribution in [1.82, 2.24) is 20.4 Å². The molecule has 0 bridgehead atoms. The van der Waals surface area contributed by atoms with Gasteiger partial charge in [-0.25, -0.2) is 0 Å². The van der Waals surface area contributed by atoms with Gasteiger partial charge in [0, 0.05) is 23.9 Å². The van der Waals surface area contributed by atoms with Crippen molar-refractivity contribution in [3.63, 3.8) is 0 Å². The van der Waals surface area contributed by atoms with E-state index >= 15 is 0 Å². The van der Waals surface area contributed by atoms with Crippen LogP contribution in [0, 0.1) is 0 Å². The van der Waals surface area contributed by atoms with E-state index < -0.39 is 0 Å². The molecule has 2 heterocycles. The number of nitrogens with zero attached hydrogens (tertiary/aromatic N) is 3. The molecule has 2 unspecified atom stereocenters. The maximum absolute atomic E-state index is 12.3. The van der Waals surface area contributed by atoms with Crippen LogP contribution in [0.1, 0.15) is 78.6 Å². The zero-order valence-corrected chi connectivity index (χ0v) is 15.2. The van der Waals surface area contributed by atoms with Crippen LogP contribution in [0.4, 0.5) is 0 Å². The number of hydrogen-bond acceptors (Lipinski definition) is 5. The molecule has 1 fully saturated rings. The summed E-state index contributed by atoms with van der Waals surface area (Å²) in [5, 5.41) is 6.99. The van der Waals surface area contributed by atoms with E-state index in [0.717, 1.165) is 13.0 Å². The Hall–Kier alpha value is -1.43. The largest absolute Gasteiger partial charge is 0.345 e. The maximum atomic E-state index is 12.3. The van der Waals surface area contributed by atoms with E-state index in [1.165, 1.54) is 6.42 Å². The summed E-state index contributed by atoms with van der Waals surface area (Å²) in [5.41, 5.74) is -0.160. The molecule has 0 aromatic carbocycles. The number of carbonyl (C=O) groups is 1. The third kappa shape index (κ3) is 4.53. The number of aromatic nitrogens is 2. The number of carbonyl (C=O) groups excluding carboxylic acids is 1. The first-order chi connectivity index (χ1) is 10.7. The van der Waals surface area contributed by atoms with Crippen molar-refractivity contribution in [3.05, 3.63) is 11.7 Å². The lowest BCUT2D eigenvalue weighted by molar-refractivity contribution is -0.123. The van der Waals surface area contributed by atoms with Gasteiger partial charge in [0.1, 0.15) is 6.04 Å². The SMILES string of the molecule is CC(NC(=O)CC1CCCN1C(C)C)c1nc(C(C)(C)C)no1. The molecule has 1 aliphatic rings. The predicted molar refractivity (Wildman–Crippen MR) is 89.0 cm³/mol. The molecule has 0 radical (unpaired) electrons. The molecule has 1 aromatic rings.